The third-order valence-corrected chi connectivity index (χ3v) is 5.27. The van der Waals surface area contributed by atoms with E-state index in [1.54, 1.807) is 0 Å². The molecule has 0 amide bonds. The molecule has 1 aromatic heterocycles. The average molecular weight is 424 g/mol. The number of aliphatic imine (C=N–C) groups is 1. The van der Waals surface area contributed by atoms with E-state index < -0.39 is 0 Å². The van der Waals surface area contributed by atoms with Gasteiger partial charge in [-0.25, -0.2) is 9.67 Å². The molecule has 0 unspecified atom stereocenters. The standard InChI is InChI=1S/C28H29N3O/c1-2-3-4-13-20-32-27-19-12-11-16-24(27)22-29-28-21-26(23-14-7-5-8-15-23)30-31(28)25-17-9-6-10-18-25/h5-12,14-19,21-22H,2-4,13,20H2,1H3. The summed E-state index contributed by atoms with van der Waals surface area (Å²) in [7, 11) is 0. The zero-order chi connectivity index (χ0) is 22.0. The molecule has 4 rings (SSSR count). The van der Waals surface area contributed by atoms with Gasteiger partial charge in [-0.2, -0.15) is 5.10 Å². The number of ether oxygens (including phenoxy) is 1. The molecule has 3 aromatic carbocycles. The molecule has 0 aliphatic heterocycles. The molecule has 0 atom stereocenters. The van der Waals surface area contributed by atoms with E-state index in [-0.39, 0.29) is 0 Å². The Morgan fingerprint density at radius 2 is 1.56 bits per heavy atom. The third-order valence-electron chi connectivity index (χ3n) is 5.27. The summed E-state index contributed by atoms with van der Waals surface area (Å²) in [4.78, 5) is 4.81. The first-order chi connectivity index (χ1) is 15.8. The van der Waals surface area contributed by atoms with Crippen molar-refractivity contribution < 1.29 is 4.74 Å². The van der Waals surface area contributed by atoms with Gasteiger partial charge in [-0.05, 0) is 30.7 Å². The highest BCUT2D eigenvalue weighted by Crippen LogP contribution is 2.27. The molecule has 4 nitrogen and oxygen atoms in total. The van der Waals surface area contributed by atoms with Gasteiger partial charge in [0.15, 0.2) is 5.82 Å². The minimum Gasteiger partial charge on any atom is -0.493 e. The van der Waals surface area contributed by atoms with Crippen LogP contribution < -0.4 is 4.74 Å². The lowest BCUT2D eigenvalue weighted by Gasteiger charge is -2.09. The van der Waals surface area contributed by atoms with Crippen molar-refractivity contribution in [2.75, 3.05) is 6.61 Å². The fraction of sp³-hybridized carbons (Fsp3) is 0.214. The Kier molecular flexibility index (Phi) is 7.48. The Balaban J connectivity index is 1.61. The number of unbranched alkanes of at least 4 members (excludes halogenated alkanes) is 3. The van der Waals surface area contributed by atoms with Crippen molar-refractivity contribution in [1.29, 1.82) is 0 Å². The molecule has 32 heavy (non-hydrogen) atoms. The molecule has 0 N–H and O–H groups in total. The fourth-order valence-electron chi connectivity index (χ4n) is 3.54. The van der Waals surface area contributed by atoms with Crippen molar-refractivity contribution in [1.82, 2.24) is 9.78 Å². The van der Waals surface area contributed by atoms with Gasteiger partial charge in [-0.1, -0.05) is 86.8 Å². The molecule has 0 aliphatic rings. The predicted molar refractivity (Wildman–Crippen MR) is 132 cm³/mol. The van der Waals surface area contributed by atoms with Crippen LogP contribution in [0.4, 0.5) is 5.82 Å². The van der Waals surface area contributed by atoms with Crippen molar-refractivity contribution in [3.63, 3.8) is 0 Å². The lowest BCUT2D eigenvalue weighted by molar-refractivity contribution is 0.304. The van der Waals surface area contributed by atoms with Crippen LogP contribution in [0.2, 0.25) is 0 Å². The normalized spacial score (nSPS) is 11.2. The molecule has 4 heteroatoms. The van der Waals surface area contributed by atoms with Crippen LogP contribution in [0.5, 0.6) is 5.75 Å². The van der Waals surface area contributed by atoms with E-state index >= 15 is 0 Å². The Labute approximate surface area is 190 Å². The summed E-state index contributed by atoms with van der Waals surface area (Å²) >= 11 is 0. The zero-order valence-electron chi connectivity index (χ0n) is 18.5. The van der Waals surface area contributed by atoms with Gasteiger partial charge in [0.1, 0.15) is 5.75 Å². The molecule has 4 aromatic rings. The predicted octanol–water partition coefficient (Wildman–Crippen LogP) is 7.25. The molecule has 0 saturated heterocycles. The first kappa shape index (κ1) is 21.6. The van der Waals surface area contributed by atoms with Gasteiger partial charge in [0.05, 0.1) is 18.0 Å². The molecule has 0 bridgehead atoms. The Bertz CT molecular complexity index is 1130. The van der Waals surface area contributed by atoms with E-state index in [4.69, 9.17) is 14.8 Å². The molecule has 162 valence electrons. The average Bonchev–Trinajstić information content (AvgIpc) is 3.29. The summed E-state index contributed by atoms with van der Waals surface area (Å²) in [6.45, 7) is 2.95. The van der Waals surface area contributed by atoms with Crippen LogP contribution in [-0.2, 0) is 0 Å². The minimum atomic E-state index is 0.727. The molecule has 0 saturated carbocycles. The number of hydrogen-bond acceptors (Lipinski definition) is 3. The van der Waals surface area contributed by atoms with Gasteiger partial charge >= 0.3 is 0 Å². The third kappa shape index (κ3) is 5.52. The number of benzene rings is 3. The maximum absolute atomic E-state index is 6.05. The SMILES string of the molecule is CCCCCCOc1ccccc1C=Nc1cc(-c2ccccc2)nn1-c1ccccc1. The van der Waals surface area contributed by atoms with Gasteiger partial charge in [-0.15, -0.1) is 0 Å². The van der Waals surface area contributed by atoms with Crippen LogP contribution in [-0.4, -0.2) is 22.6 Å². The van der Waals surface area contributed by atoms with Crippen molar-refractivity contribution in [2.24, 2.45) is 4.99 Å². The first-order valence-corrected chi connectivity index (χ1v) is 11.3. The molecule has 0 fully saturated rings. The maximum Gasteiger partial charge on any atom is 0.156 e. The van der Waals surface area contributed by atoms with E-state index in [1.165, 1.54) is 19.3 Å². The second-order valence-electron chi connectivity index (χ2n) is 7.71. The van der Waals surface area contributed by atoms with Gasteiger partial charge in [0.25, 0.3) is 0 Å². The number of nitrogens with zero attached hydrogens (tertiary/aromatic N) is 3. The quantitative estimate of drug-likeness (QED) is 0.199. The van der Waals surface area contributed by atoms with Crippen molar-refractivity contribution in [3.05, 3.63) is 96.6 Å². The molecular formula is C28H29N3O. The van der Waals surface area contributed by atoms with Gasteiger partial charge < -0.3 is 4.74 Å². The summed E-state index contributed by atoms with van der Waals surface area (Å²) in [5, 5.41) is 4.84. The zero-order valence-corrected chi connectivity index (χ0v) is 18.5. The van der Waals surface area contributed by atoms with E-state index in [0.717, 1.165) is 47.1 Å². The highest BCUT2D eigenvalue weighted by molar-refractivity contribution is 5.85. The summed E-state index contributed by atoms with van der Waals surface area (Å²) in [6.07, 6.45) is 6.61. The number of aromatic nitrogens is 2. The smallest absolute Gasteiger partial charge is 0.156 e. The highest BCUT2D eigenvalue weighted by atomic mass is 16.5. The largest absolute Gasteiger partial charge is 0.493 e. The lowest BCUT2D eigenvalue weighted by Crippen LogP contribution is -2.00. The number of para-hydroxylation sites is 2. The van der Waals surface area contributed by atoms with Crippen molar-refractivity contribution >= 4 is 12.0 Å². The number of rotatable bonds is 10. The summed E-state index contributed by atoms with van der Waals surface area (Å²) < 4.78 is 7.93. The van der Waals surface area contributed by atoms with Crippen LogP contribution >= 0.6 is 0 Å². The summed E-state index contributed by atoms with van der Waals surface area (Å²) in [6, 6.07) is 30.3. The monoisotopic (exact) mass is 423 g/mol. The van der Waals surface area contributed by atoms with Crippen LogP contribution in [0.3, 0.4) is 0 Å². The van der Waals surface area contributed by atoms with Crippen molar-refractivity contribution in [2.45, 2.75) is 32.6 Å². The van der Waals surface area contributed by atoms with Crippen molar-refractivity contribution in [3.8, 4) is 22.7 Å². The molecule has 0 aliphatic carbocycles. The van der Waals surface area contributed by atoms with Gasteiger partial charge in [0.2, 0.25) is 0 Å². The Hall–Kier alpha value is -3.66. The lowest BCUT2D eigenvalue weighted by atomic mass is 10.1. The van der Waals surface area contributed by atoms with Crippen LogP contribution in [0.15, 0.2) is 96.0 Å². The molecule has 0 spiro atoms. The summed E-state index contributed by atoms with van der Waals surface area (Å²) in [5.41, 5.74) is 3.89. The van der Waals surface area contributed by atoms with Gasteiger partial charge in [0, 0.05) is 23.4 Å². The van der Waals surface area contributed by atoms with Gasteiger partial charge in [-0.3, -0.25) is 0 Å². The fourth-order valence-corrected chi connectivity index (χ4v) is 3.54. The highest BCUT2D eigenvalue weighted by Gasteiger charge is 2.10. The maximum atomic E-state index is 6.05. The van der Waals surface area contributed by atoms with E-state index in [1.807, 2.05) is 89.8 Å². The first-order valence-electron chi connectivity index (χ1n) is 11.3. The second-order valence-corrected chi connectivity index (χ2v) is 7.71. The molecule has 0 radical (unpaired) electrons. The summed E-state index contributed by atoms with van der Waals surface area (Å²) in [5.74, 6) is 1.63. The van der Waals surface area contributed by atoms with Crippen LogP contribution in [0.1, 0.15) is 38.2 Å². The second kappa shape index (κ2) is 11.1. The van der Waals surface area contributed by atoms with E-state index in [9.17, 15) is 0 Å². The van der Waals surface area contributed by atoms with Crippen LogP contribution in [0, 0.1) is 0 Å². The number of hydrogen-bond donors (Lipinski definition) is 0. The van der Waals surface area contributed by atoms with E-state index in [2.05, 4.69) is 19.1 Å². The topological polar surface area (TPSA) is 39.4 Å². The molecule has 1 heterocycles. The Morgan fingerprint density at radius 3 is 2.34 bits per heavy atom. The van der Waals surface area contributed by atoms with Crippen LogP contribution in [0.25, 0.3) is 16.9 Å². The van der Waals surface area contributed by atoms with E-state index in [0.29, 0.717) is 0 Å². The molecular weight excluding hydrogens is 394 g/mol. The Morgan fingerprint density at radius 1 is 0.844 bits per heavy atom. The minimum absolute atomic E-state index is 0.727.